The highest BCUT2D eigenvalue weighted by atomic mass is 19.4. The average Bonchev–Trinajstić information content (AvgIpc) is 2.96. The second-order valence-corrected chi connectivity index (χ2v) is 6.37. The second kappa shape index (κ2) is 6.47. The zero-order valence-corrected chi connectivity index (χ0v) is 13.3. The maximum atomic E-state index is 12.6. The normalized spacial score (nSPS) is 22.7. The van der Waals surface area contributed by atoms with E-state index in [1.54, 1.807) is 0 Å². The van der Waals surface area contributed by atoms with Gasteiger partial charge in [0.2, 0.25) is 0 Å². The molecule has 0 radical (unpaired) electrons. The van der Waals surface area contributed by atoms with Crippen LogP contribution >= 0.6 is 0 Å². The second-order valence-electron chi connectivity index (χ2n) is 6.37. The van der Waals surface area contributed by atoms with Gasteiger partial charge in [0, 0.05) is 18.0 Å². The van der Waals surface area contributed by atoms with Gasteiger partial charge in [0.05, 0.1) is 5.56 Å². The van der Waals surface area contributed by atoms with E-state index in [1.807, 2.05) is 7.05 Å². The van der Waals surface area contributed by atoms with Crippen LogP contribution in [0.4, 0.5) is 13.2 Å². The van der Waals surface area contributed by atoms with Crippen molar-refractivity contribution < 1.29 is 17.7 Å². The molecule has 1 fully saturated rings. The molecule has 1 aromatic carbocycles. The Morgan fingerprint density at radius 1 is 1.29 bits per heavy atom. The van der Waals surface area contributed by atoms with E-state index < -0.39 is 11.7 Å². The largest absolute Gasteiger partial charge is 0.416 e. The van der Waals surface area contributed by atoms with E-state index in [1.165, 1.54) is 18.2 Å². The van der Waals surface area contributed by atoms with Crippen LogP contribution in [-0.2, 0) is 12.6 Å². The summed E-state index contributed by atoms with van der Waals surface area (Å²) in [6, 6.07) is 7.00. The van der Waals surface area contributed by atoms with Crippen molar-refractivity contribution in [3.8, 4) is 0 Å². The van der Waals surface area contributed by atoms with E-state index in [0.717, 1.165) is 37.1 Å². The lowest BCUT2D eigenvalue weighted by molar-refractivity contribution is -0.137. The van der Waals surface area contributed by atoms with Gasteiger partial charge >= 0.3 is 6.18 Å². The third kappa shape index (κ3) is 3.72. The molecule has 0 spiro atoms. The summed E-state index contributed by atoms with van der Waals surface area (Å²) in [7, 11) is 2.01. The minimum Gasteiger partial charge on any atom is -0.383 e. The molecular formula is C17H19F3N2O2. The summed E-state index contributed by atoms with van der Waals surface area (Å²) in [6.45, 7) is 0.852. The van der Waals surface area contributed by atoms with Crippen molar-refractivity contribution in [2.45, 2.75) is 37.4 Å². The fraction of sp³-hybridized carbons (Fsp3) is 0.471. The first-order valence-corrected chi connectivity index (χ1v) is 7.87. The third-order valence-corrected chi connectivity index (χ3v) is 4.71. The number of likely N-dealkylation sites (tertiary alicyclic amines) is 1. The molecule has 2 heterocycles. The summed E-state index contributed by atoms with van der Waals surface area (Å²) in [5, 5.41) is 2.31. The topological polar surface area (TPSA) is 49.2 Å². The average molecular weight is 340 g/mol. The molecule has 3 rings (SSSR count). The Balaban J connectivity index is 1.70. The van der Waals surface area contributed by atoms with Gasteiger partial charge in [-0.3, -0.25) is 4.79 Å². The Morgan fingerprint density at radius 2 is 2.00 bits per heavy atom. The standard InChI is InChI=1S/C17H19F3N2O2/c1-22-7-6-12(15-10-16(23)21-24-15)9-14(22)8-11-2-4-13(5-3-11)17(18,19)20/h2-5,10,12,14H,6-9H2,1H3,(H,21,23)/t12-,14-/m1/s1. The number of aromatic amines is 1. The van der Waals surface area contributed by atoms with Crippen LogP contribution < -0.4 is 5.56 Å². The van der Waals surface area contributed by atoms with Gasteiger partial charge in [0.1, 0.15) is 5.76 Å². The number of nitrogens with one attached hydrogen (secondary N) is 1. The Morgan fingerprint density at radius 3 is 2.58 bits per heavy atom. The number of alkyl halides is 3. The van der Waals surface area contributed by atoms with Crippen LogP contribution in [-0.4, -0.2) is 29.7 Å². The summed E-state index contributed by atoms with van der Waals surface area (Å²) in [5.41, 5.74) is -0.00513. The van der Waals surface area contributed by atoms with Gasteiger partial charge in [-0.1, -0.05) is 12.1 Å². The Labute approximate surface area is 137 Å². The molecule has 0 unspecified atom stereocenters. The van der Waals surface area contributed by atoms with Crippen molar-refractivity contribution in [3.63, 3.8) is 0 Å². The lowest BCUT2D eigenvalue weighted by atomic mass is 9.86. The van der Waals surface area contributed by atoms with E-state index in [4.69, 9.17) is 4.52 Å². The van der Waals surface area contributed by atoms with Crippen LogP contribution in [0.25, 0.3) is 0 Å². The Hall–Kier alpha value is -2.02. The lowest BCUT2D eigenvalue weighted by Crippen LogP contribution is -2.40. The summed E-state index contributed by atoms with van der Waals surface area (Å²) in [5.74, 6) is 0.810. The zero-order chi connectivity index (χ0) is 17.3. The number of aromatic nitrogens is 1. The summed E-state index contributed by atoms with van der Waals surface area (Å²) in [4.78, 5) is 13.4. The minimum atomic E-state index is -4.31. The van der Waals surface area contributed by atoms with E-state index in [9.17, 15) is 18.0 Å². The molecule has 1 N–H and O–H groups in total. The fourth-order valence-electron chi connectivity index (χ4n) is 3.27. The Bertz CT molecular complexity index is 733. The maximum Gasteiger partial charge on any atom is 0.416 e. The molecule has 4 nitrogen and oxygen atoms in total. The number of hydrogen-bond donors (Lipinski definition) is 1. The van der Waals surface area contributed by atoms with Crippen LogP contribution in [0, 0.1) is 0 Å². The number of benzene rings is 1. The van der Waals surface area contributed by atoms with E-state index >= 15 is 0 Å². The van der Waals surface area contributed by atoms with E-state index in [2.05, 4.69) is 10.1 Å². The molecule has 7 heteroatoms. The number of H-pyrrole nitrogens is 1. The van der Waals surface area contributed by atoms with Gasteiger partial charge in [0.15, 0.2) is 0 Å². The van der Waals surface area contributed by atoms with E-state index in [-0.39, 0.29) is 17.5 Å². The highest BCUT2D eigenvalue weighted by Crippen LogP contribution is 2.33. The molecule has 2 atom stereocenters. The number of hydrogen-bond acceptors (Lipinski definition) is 3. The molecule has 24 heavy (non-hydrogen) atoms. The monoisotopic (exact) mass is 340 g/mol. The van der Waals surface area contributed by atoms with E-state index in [0.29, 0.717) is 12.2 Å². The summed E-state index contributed by atoms with van der Waals surface area (Å²) >= 11 is 0. The molecule has 2 aromatic rings. The smallest absolute Gasteiger partial charge is 0.383 e. The van der Waals surface area contributed by atoms with Gasteiger partial charge in [-0.2, -0.15) is 18.3 Å². The molecule has 1 aliphatic heterocycles. The molecule has 1 saturated heterocycles. The first-order valence-electron chi connectivity index (χ1n) is 7.87. The van der Waals surface area contributed by atoms with Gasteiger partial charge in [-0.15, -0.1) is 0 Å². The quantitative estimate of drug-likeness (QED) is 0.932. The first kappa shape index (κ1) is 16.8. The van der Waals surface area contributed by atoms with Crippen molar-refractivity contribution in [2.24, 2.45) is 0 Å². The maximum absolute atomic E-state index is 12.6. The highest BCUT2D eigenvalue weighted by molar-refractivity contribution is 5.25. The van der Waals surface area contributed by atoms with Crippen LogP contribution in [0.3, 0.4) is 0 Å². The van der Waals surface area contributed by atoms with Gasteiger partial charge in [-0.25, -0.2) is 0 Å². The van der Waals surface area contributed by atoms with Crippen LogP contribution in [0.1, 0.15) is 35.6 Å². The minimum absolute atomic E-state index is 0.152. The van der Waals surface area contributed by atoms with Gasteiger partial charge in [0.25, 0.3) is 5.56 Å². The number of piperidine rings is 1. The molecule has 0 aliphatic carbocycles. The molecule has 130 valence electrons. The molecular weight excluding hydrogens is 321 g/mol. The van der Waals surface area contributed by atoms with Crippen molar-refractivity contribution in [1.82, 2.24) is 10.1 Å². The van der Waals surface area contributed by atoms with Crippen molar-refractivity contribution >= 4 is 0 Å². The fourth-order valence-corrected chi connectivity index (χ4v) is 3.27. The van der Waals surface area contributed by atoms with Crippen LogP contribution in [0.15, 0.2) is 39.6 Å². The van der Waals surface area contributed by atoms with Gasteiger partial charge < -0.3 is 9.42 Å². The van der Waals surface area contributed by atoms with Crippen LogP contribution in [0.5, 0.6) is 0 Å². The van der Waals surface area contributed by atoms with Crippen molar-refractivity contribution in [3.05, 3.63) is 57.6 Å². The lowest BCUT2D eigenvalue weighted by Gasteiger charge is -2.36. The Kier molecular flexibility index (Phi) is 4.54. The summed E-state index contributed by atoms with van der Waals surface area (Å²) < 4.78 is 43.1. The SMILES string of the molecule is CN1CC[C@@H](c2cc(=O)[nH]o2)C[C@H]1Cc1ccc(C(F)(F)F)cc1. The number of nitrogens with zero attached hydrogens (tertiary/aromatic N) is 1. The number of likely N-dealkylation sites (N-methyl/N-ethyl adjacent to an activating group) is 1. The van der Waals surface area contributed by atoms with Crippen LogP contribution in [0.2, 0.25) is 0 Å². The first-order chi connectivity index (χ1) is 11.3. The van der Waals surface area contributed by atoms with Gasteiger partial charge in [-0.05, 0) is 50.6 Å². The predicted octanol–water partition coefficient (Wildman–Crippen LogP) is 3.41. The number of halogens is 3. The summed E-state index contributed by atoms with van der Waals surface area (Å²) in [6.07, 6.45) is -1.95. The predicted molar refractivity (Wildman–Crippen MR) is 82.9 cm³/mol. The molecule has 1 aromatic heterocycles. The van der Waals surface area contributed by atoms with Crippen molar-refractivity contribution in [1.29, 1.82) is 0 Å². The molecule has 0 saturated carbocycles. The number of rotatable bonds is 3. The molecule has 1 aliphatic rings. The highest BCUT2D eigenvalue weighted by Gasteiger charge is 2.31. The molecule has 0 amide bonds. The molecule has 0 bridgehead atoms. The zero-order valence-electron chi connectivity index (χ0n) is 13.3. The third-order valence-electron chi connectivity index (χ3n) is 4.71. The van der Waals surface area contributed by atoms with Crippen molar-refractivity contribution in [2.75, 3.05) is 13.6 Å².